The van der Waals surface area contributed by atoms with Crippen LogP contribution in [0.25, 0.3) is 0 Å². The Morgan fingerprint density at radius 1 is 1.29 bits per heavy atom. The monoisotopic (exact) mass is 193 g/mol. The molecule has 0 aromatic rings. The fraction of sp³-hybridized carbons (Fsp3) is 0.545. The van der Waals surface area contributed by atoms with Crippen LogP contribution in [0, 0.1) is 0 Å². The van der Waals surface area contributed by atoms with Crippen LogP contribution in [0.15, 0.2) is 29.4 Å². The predicted octanol–water partition coefficient (Wildman–Crippen LogP) is 1.35. The summed E-state index contributed by atoms with van der Waals surface area (Å²) in [4.78, 5) is 8.77. The first-order chi connectivity index (χ1) is 6.68. The minimum absolute atomic E-state index is 1.03. The number of piperazine rings is 1. The highest BCUT2D eigenvalue weighted by atomic mass is 15.3. The molecule has 1 fully saturated rings. The second-order valence-corrected chi connectivity index (χ2v) is 3.77. The van der Waals surface area contributed by atoms with E-state index in [1.165, 1.54) is 0 Å². The first-order valence-corrected chi connectivity index (χ1v) is 4.96. The second kappa shape index (κ2) is 5.60. The molecule has 0 spiro atoms. The number of likely N-dealkylation sites (N-methyl/N-ethyl adjacent to an activating group) is 1. The van der Waals surface area contributed by atoms with Crippen molar-refractivity contribution in [3.8, 4) is 0 Å². The molecule has 1 heterocycles. The van der Waals surface area contributed by atoms with Crippen LogP contribution in [0.2, 0.25) is 0 Å². The maximum Gasteiger partial charge on any atom is 0.0905 e. The molecule has 0 aromatic carbocycles. The lowest BCUT2D eigenvalue weighted by Crippen LogP contribution is -2.43. The van der Waals surface area contributed by atoms with Crippen LogP contribution in [0.5, 0.6) is 0 Å². The van der Waals surface area contributed by atoms with Crippen molar-refractivity contribution in [2.45, 2.75) is 6.92 Å². The summed E-state index contributed by atoms with van der Waals surface area (Å²) in [6.07, 6.45) is 5.61. The Kier molecular flexibility index (Phi) is 4.40. The number of hydrogen-bond donors (Lipinski definition) is 0. The van der Waals surface area contributed by atoms with Crippen molar-refractivity contribution < 1.29 is 0 Å². The van der Waals surface area contributed by atoms with Crippen molar-refractivity contribution in [3.05, 3.63) is 24.4 Å². The van der Waals surface area contributed by atoms with E-state index < -0.39 is 0 Å². The van der Waals surface area contributed by atoms with Crippen LogP contribution in [-0.4, -0.2) is 49.4 Å². The summed E-state index contributed by atoms with van der Waals surface area (Å²) in [5, 5.41) is 0. The molecule has 0 aliphatic carbocycles. The Labute approximate surface area is 86.4 Å². The van der Waals surface area contributed by atoms with Gasteiger partial charge in [0.15, 0.2) is 0 Å². The van der Waals surface area contributed by atoms with Crippen molar-refractivity contribution >= 4 is 6.34 Å². The molecule has 0 bridgehead atoms. The zero-order chi connectivity index (χ0) is 10.4. The zero-order valence-electron chi connectivity index (χ0n) is 9.11. The molecular weight excluding hydrogens is 174 g/mol. The quantitative estimate of drug-likeness (QED) is 0.383. The summed E-state index contributed by atoms with van der Waals surface area (Å²) < 4.78 is 0. The third kappa shape index (κ3) is 4.23. The second-order valence-electron chi connectivity index (χ2n) is 3.77. The number of hydrogen-bond acceptors (Lipinski definition) is 2. The zero-order valence-corrected chi connectivity index (χ0v) is 9.11. The van der Waals surface area contributed by atoms with Crippen LogP contribution in [0.3, 0.4) is 0 Å². The van der Waals surface area contributed by atoms with Crippen LogP contribution >= 0.6 is 0 Å². The summed E-state index contributed by atoms with van der Waals surface area (Å²) in [6, 6.07) is 0. The van der Waals surface area contributed by atoms with Crippen molar-refractivity contribution in [2.75, 3.05) is 33.2 Å². The van der Waals surface area contributed by atoms with E-state index in [-0.39, 0.29) is 0 Å². The highest BCUT2D eigenvalue weighted by Crippen LogP contribution is 1.96. The van der Waals surface area contributed by atoms with E-state index in [9.17, 15) is 0 Å². The van der Waals surface area contributed by atoms with Gasteiger partial charge in [-0.2, -0.15) is 0 Å². The molecule has 3 heteroatoms. The first-order valence-electron chi connectivity index (χ1n) is 4.96. The lowest BCUT2D eigenvalue weighted by atomic mass is 10.3. The van der Waals surface area contributed by atoms with Gasteiger partial charge in [-0.25, -0.2) is 4.99 Å². The van der Waals surface area contributed by atoms with E-state index in [2.05, 4.69) is 28.4 Å². The molecule has 0 atom stereocenters. The molecule has 3 nitrogen and oxygen atoms in total. The molecule has 0 unspecified atom stereocenters. The normalized spacial score (nSPS) is 19.7. The van der Waals surface area contributed by atoms with Crippen LogP contribution in [0.1, 0.15) is 6.92 Å². The van der Waals surface area contributed by atoms with Crippen molar-refractivity contribution in [2.24, 2.45) is 4.99 Å². The maximum absolute atomic E-state index is 4.20. The Balaban J connectivity index is 2.27. The van der Waals surface area contributed by atoms with Gasteiger partial charge >= 0.3 is 0 Å². The van der Waals surface area contributed by atoms with Gasteiger partial charge < -0.3 is 9.80 Å². The van der Waals surface area contributed by atoms with Gasteiger partial charge in [0.1, 0.15) is 0 Å². The molecule has 0 saturated carbocycles. The van der Waals surface area contributed by atoms with Crippen molar-refractivity contribution in [1.82, 2.24) is 9.80 Å². The van der Waals surface area contributed by atoms with Crippen LogP contribution in [0.4, 0.5) is 0 Å². The molecule has 0 N–H and O–H groups in total. The van der Waals surface area contributed by atoms with Crippen LogP contribution < -0.4 is 0 Å². The van der Waals surface area contributed by atoms with Gasteiger partial charge in [-0.1, -0.05) is 12.2 Å². The van der Waals surface area contributed by atoms with Gasteiger partial charge in [0.2, 0.25) is 0 Å². The third-order valence-electron chi connectivity index (χ3n) is 2.21. The molecule has 1 saturated heterocycles. The van der Waals surface area contributed by atoms with E-state index in [0.717, 1.165) is 31.8 Å². The van der Waals surface area contributed by atoms with Crippen LogP contribution in [-0.2, 0) is 0 Å². The lowest BCUT2D eigenvalue weighted by molar-refractivity contribution is 0.219. The van der Waals surface area contributed by atoms with E-state index in [0.29, 0.717) is 0 Å². The minimum Gasteiger partial charge on any atom is -0.360 e. The largest absolute Gasteiger partial charge is 0.360 e. The molecule has 0 radical (unpaired) electrons. The number of aliphatic imine (C=N–C) groups is 1. The highest BCUT2D eigenvalue weighted by molar-refractivity contribution is 5.56. The molecule has 1 aliphatic heterocycles. The van der Waals surface area contributed by atoms with E-state index >= 15 is 0 Å². The summed E-state index contributed by atoms with van der Waals surface area (Å²) in [6.45, 7) is 10.1. The summed E-state index contributed by atoms with van der Waals surface area (Å²) in [7, 11) is 2.15. The van der Waals surface area contributed by atoms with Crippen molar-refractivity contribution in [3.63, 3.8) is 0 Å². The van der Waals surface area contributed by atoms with Gasteiger partial charge in [0, 0.05) is 32.4 Å². The Morgan fingerprint density at radius 3 is 2.50 bits per heavy atom. The minimum atomic E-state index is 1.03. The maximum atomic E-state index is 4.20. The van der Waals surface area contributed by atoms with Gasteiger partial charge in [0.05, 0.1) is 6.34 Å². The number of allylic oxidation sites excluding steroid dienone is 2. The molecule has 14 heavy (non-hydrogen) atoms. The van der Waals surface area contributed by atoms with E-state index in [1.807, 2.05) is 19.3 Å². The number of nitrogens with zero attached hydrogens (tertiary/aromatic N) is 3. The first kappa shape index (κ1) is 11.0. The molecule has 1 aliphatic rings. The van der Waals surface area contributed by atoms with Gasteiger partial charge in [-0.15, -0.1) is 0 Å². The highest BCUT2D eigenvalue weighted by Gasteiger charge is 2.09. The average molecular weight is 193 g/mol. The number of rotatable bonds is 3. The Hall–Kier alpha value is -1.09. The molecule has 78 valence electrons. The fourth-order valence-electron chi connectivity index (χ4n) is 1.24. The van der Waals surface area contributed by atoms with Gasteiger partial charge in [0.25, 0.3) is 0 Å². The smallest absolute Gasteiger partial charge is 0.0905 e. The Bertz CT molecular complexity index is 235. The molecule has 0 aromatic heterocycles. The van der Waals surface area contributed by atoms with Gasteiger partial charge in [-0.05, 0) is 20.0 Å². The topological polar surface area (TPSA) is 18.8 Å². The fourth-order valence-corrected chi connectivity index (χ4v) is 1.24. The summed E-state index contributed by atoms with van der Waals surface area (Å²) >= 11 is 0. The Morgan fingerprint density at radius 2 is 1.93 bits per heavy atom. The van der Waals surface area contributed by atoms with E-state index in [4.69, 9.17) is 0 Å². The predicted molar refractivity (Wildman–Crippen MR) is 61.5 cm³/mol. The third-order valence-corrected chi connectivity index (χ3v) is 2.21. The SMILES string of the molecule is C=C(C)/C=C\N=CN1CCN(C)CC1. The lowest BCUT2D eigenvalue weighted by Gasteiger charge is -2.30. The van der Waals surface area contributed by atoms with E-state index in [1.54, 1.807) is 6.20 Å². The average Bonchev–Trinajstić information content (AvgIpc) is 2.15. The standard InChI is InChI=1S/C11H19N3/c1-11(2)4-5-12-10-14-8-6-13(3)7-9-14/h4-5,10H,1,6-9H2,2-3H3/b5-4-,12-10?. The molecule has 1 rings (SSSR count). The molecular formula is C11H19N3. The molecule has 0 amide bonds. The van der Waals surface area contributed by atoms with Crippen molar-refractivity contribution in [1.29, 1.82) is 0 Å². The summed E-state index contributed by atoms with van der Waals surface area (Å²) in [5.74, 6) is 0. The summed E-state index contributed by atoms with van der Waals surface area (Å²) in [5.41, 5.74) is 1.03. The van der Waals surface area contributed by atoms with Gasteiger partial charge in [-0.3, -0.25) is 0 Å².